The second-order valence-corrected chi connectivity index (χ2v) is 15.6. The van der Waals surface area contributed by atoms with Gasteiger partial charge in [0, 0.05) is 4.60 Å². The van der Waals surface area contributed by atoms with E-state index in [4.69, 9.17) is 51.1 Å². The molecule has 0 amide bonds. The van der Waals surface area contributed by atoms with E-state index >= 15 is 0 Å². The van der Waals surface area contributed by atoms with Crippen LogP contribution >= 0.6 is 25.8 Å². The molecule has 0 spiro atoms. The highest BCUT2D eigenvalue weighted by atomic mass is 31.3. The number of anilines is 4. The largest absolute Gasteiger partial charge is 0.451 e. The number of hydrogen-bond donors (Lipinski definition) is 5. The van der Waals surface area contributed by atoms with Crippen molar-refractivity contribution in [3.05, 3.63) is 146 Å². The zero-order valence-electron chi connectivity index (χ0n) is 27.4. The van der Waals surface area contributed by atoms with Gasteiger partial charge in [-0.15, -0.1) is 0 Å². The van der Waals surface area contributed by atoms with Gasteiger partial charge in [-0.3, -0.25) is 0 Å². The zero-order chi connectivity index (χ0) is 35.9. The molecule has 6 aromatic rings. The molecule has 7 rings (SSSR count). The molecule has 0 radical (unpaired) electrons. The molecule has 1 aliphatic heterocycles. The number of nitrogens with one attached hydrogen (secondary N) is 1. The van der Waals surface area contributed by atoms with E-state index in [-0.39, 0.29) is 14.6 Å². The van der Waals surface area contributed by atoms with E-state index in [1.54, 1.807) is 75.9 Å². The quantitative estimate of drug-likeness (QED) is 0.0591. The number of benzene rings is 6. The van der Waals surface area contributed by atoms with E-state index in [2.05, 4.69) is 4.86 Å². The molecule has 6 aromatic carbocycles. The fourth-order valence-electron chi connectivity index (χ4n) is 4.67. The van der Waals surface area contributed by atoms with Crippen LogP contribution in [-0.4, -0.2) is 9.21 Å². The molecular formula is C36H34N7O6P3. The first-order chi connectivity index (χ1) is 25.4. The minimum atomic E-state index is -1.97. The molecule has 3 atom stereocenters. The fraction of sp³-hybridized carbons (Fsp3) is 0. The predicted octanol–water partition coefficient (Wildman–Crippen LogP) is 9.22. The van der Waals surface area contributed by atoms with E-state index in [0.717, 1.165) is 0 Å². The van der Waals surface area contributed by atoms with Crippen LogP contribution in [0.4, 0.5) is 22.7 Å². The first kappa shape index (κ1) is 34.9. The standard InChI is InChI=1S/C36H34N7O6P3/c37-26-15-4-8-19-30(26)44-34-23-12-24-35(36(34)45-31-20-9-5-16-27(31)38)48-51-41-50-42(47-32-21-10-6-17-28(32)39)52(49-33-22-11-7-18-29(33)40)43(51)46-25-13-2-1-3-14-25/h1-24,41,50H,37-40H2. The lowest BCUT2D eigenvalue weighted by Crippen LogP contribution is -2.37. The van der Waals surface area contributed by atoms with Gasteiger partial charge in [0.25, 0.3) is 8.45 Å². The van der Waals surface area contributed by atoms with Crippen molar-refractivity contribution in [2.24, 2.45) is 0 Å². The van der Waals surface area contributed by atoms with Gasteiger partial charge in [0.05, 0.1) is 31.6 Å². The summed E-state index contributed by atoms with van der Waals surface area (Å²) >= 11 is 0. The van der Waals surface area contributed by atoms with Gasteiger partial charge in [-0.05, 0) is 77.4 Å². The average Bonchev–Trinajstić information content (AvgIpc) is 3.15. The minimum Gasteiger partial charge on any atom is -0.451 e. The Bertz CT molecular complexity index is 2140. The Morgan fingerprint density at radius 2 is 0.962 bits per heavy atom. The maximum Gasteiger partial charge on any atom is 0.332 e. The molecule has 16 heteroatoms. The van der Waals surface area contributed by atoms with Gasteiger partial charge in [-0.25, -0.2) is 4.86 Å². The summed E-state index contributed by atoms with van der Waals surface area (Å²) in [5, 5.41) is 0. The number of nitrogens with two attached hydrogens (primary N) is 4. The molecule has 1 aliphatic rings. The highest BCUT2D eigenvalue weighted by Crippen LogP contribution is 2.67. The van der Waals surface area contributed by atoms with Crippen molar-refractivity contribution in [1.29, 1.82) is 0 Å². The summed E-state index contributed by atoms with van der Waals surface area (Å²) in [6, 6.07) is 43.2. The summed E-state index contributed by atoms with van der Waals surface area (Å²) < 4.78 is 29.4. The van der Waals surface area contributed by atoms with E-state index in [1.165, 1.54) is 0 Å². The Kier molecular flexibility index (Phi) is 10.9. The third-order valence-corrected chi connectivity index (χ3v) is 12.3. The molecule has 13 nitrogen and oxygen atoms in total. The molecule has 9 N–H and O–H groups in total. The Balaban J connectivity index is 1.29. The molecule has 0 aliphatic carbocycles. The lowest BCUT2D eigenvalue weighted by molar-refractivity contribution is 0.0680. The highest BCUT2D eigenvalue weighted by Gasteiger charge is 2.47. The van der Waals surface area contributed by atoms with Crippen molar-refractivity contribution in [3.8, 4) is 46.0 Å². The van der Waals surface area contributed by atoms with Gasteiger partial charge >= 0.3 is 8.45 Å². The number of para-hydroxylation sites is 10. The molecule has 264 valence electrons. The molecule has 1 fully saturated rings. The summed E-state index contributed by atoms with van der Waals surface area (Å²) in [5.41, 5.74) is 27.0. The van der Waals surface area contributed by atoms with Crippen LogP contribution in [0.15, 0.2) is 146 Å². The van der Waals surface area contributed by atoms with Crippen LogP contribution in [0.3, 0.4) is 0 Å². The molecule has 0 aromatic heterocycles. The molecule has 0 saturated carbocycles. The Labute approximate surface area is 304 Å². The van der Waals surface area contributed by atoms with Gasteiger partial charge < -0.3 is 51.1 Å². The van der Waals surface area contributed by atoms with Gasteiger partial charge in [0.1, 0.15) is 11.5 Å². The monoisotopic (exact) mass is 753 g/mol. The van der Waals surface area contributed by atoms with Crippen molar-refractivity contribution >= 4 is 48.5 Å². The maximum absolute atomic E-state index is 6.80. The summed E-state index contributed by atoms with van der Waals surface area (Å²) in [6.45, 7) is 0. The van der Waals surface area contributed by atoms with E-state index in [0.29, 0.717) is 63.0 Å². The van der Waals surface area contributed by atoms with Crippen LogP contribution in [0, 0.1) is 0 Å². The van der Waals surface area contributed by atoms with Gasteiger partial charge in [0.15, 0.2) is 28.7 Å². The average molecular weight is 754 g/mol. The first-order valence-electron chi connectivity index (χ1n) is 15.8. The maximum atomic E-state index is 6.80. The van der Waals surface area contributed by atoms with Crippen LogP contribution in [0.25, 0.3) is 0 Å². The number of hydrogen-bond acceptors (Lipinski definition) is 13. The number of nitrogens with zero attached hydrogens (tertiary/aromatic N) is 2. The van der Waals surface area contributed by atoms with Gasteiger partial charge in [-0.1, -0.05) is 72.8 Å². The second-order valence-electron chi connectivity index (χ2n) is 10.9. The van der Waals surface area contributed by atoms with Crippen molar-refractivity contribution in [3.63, 3.8) is 0 Å². The molecule has 1 saturated heterocycles. The van der Waals surface area contributed by atoms with E-state index in [1.807, 2.05) is 78.9 Å². The summed E-state index contributed by atoms with van der Waals surface area (Å²) in [6.07, 6.45) is 0. The Hall–Kier alpha value is -5.51. The number of ether oxygens (including phenoxy) is 2. The zero-order valence-corrected chi connectivity index (χ0v) is 30.2. The minimum absolute atomic E-state index is 0.194. The predicted molar refractivity (Wildman–Crippen MR) is 208 cm³/mol. The number of nitrogen functional groups attached to an aromatic ring is 4. The molecular weight excluding hydrogens is 719 g/mol. The van der Waals surface area contributed by atoms with Gasteiger partial charge in [0.2, 0.25) is 5.75 Å². The summed E-state index contributed by atoms with van der Waals surface area (Å²) in [5.74, 6) is 3.12. The van der Waals surface area contributed by atoms with Crippen LogP contribution in [0.5, 0.6) is 46.0 Å². The highest BCUT2D eigenvalue weighted by molar-refractivity contribution is 7.74. The second kappa shape index (κ2) is 16.2. The number of rotatable bonds is 12. The lowest BCUT2D eigenvalue weighted by atomic mass is 10.2. The third-order valence-electron chi connectivity index (χ3n) is 7.23. The van der Waals surface area contributed by atoms with Crippen molar-refractivity contribution in [2.75, 3.05) is 22.9 Å². The van der Waals surface area contributed by atoms with E-state index < -0.39 is 16.9 Å². The van der Waals surface area contributed by atoms with Gasteiger partial charge in [-0.2, -0.15) is 0 Å². The molecule has 52 heavy (non-hydrogen) atoms. The van der Waals surface area contributed by atoms with Crippen molar-refractivity contribution in [1.82, 2.24) is 14.1 Å². The fourth-order valence-corrected chi connectivity index (χ4v) is 10.3. The van der Waals surface area contributed by atoms with E-state index in [9.17, 15) is 0 Å². The summed E-state index contributed by atoms with van der Waals surface area (Å²) in [7, 11) is -4.04. The van der Waals surface area contributed by atoms with Crippen LogP contribution in [0.2, 0.25) is 0 Å². The first-order valence-corrected chi connectivity index (χ1v) is 19.1. The lowest BCUT2D eigenvalue weighted by Gasteiger charge is -2.42. The molecule has 0 bridgehead atoms. The molecule has 1 heterocycles. The third kappa shape index (κ3) is 8.17. The van der Waals surface area contributed by atoms with Crippen molar-refractivity contribution in [2.45, 2.75) is 0 Å². The Morgan fingerprint density at radius 3 is 1.58 bits per heavy atom. The SMILES string of the molecule is Nc1ccccc1Oc1cccc(OP2NPN(Oc3ccccc3N)P(Oc3ccccc3N)N2Oc2ccccc2)c1Oc1ccccc1N. The van der Waals surface area contributed by atoms with Crippen molar-refractivity contribution < 1.29 is 28.2 Å². The van der Waals surface area contributed by atoms with Crippen LogP contribution in [-0.2, 0) is 0 Å². The smallest absolute Gasteiger partial charge is 0.332 e. The van der Waals surface area contributed by atoms with Crippen LogP contribution in [0.1, 0.15) is 0 Å². The summed E-state index contributed by atoms with van der Waals surface area (Å²) in [4.78, 5) is 16.4. The Morgan fingerprint density at radius 1 is 0.462 bits per heavy atom. The topological polar surface area (TPSA) is 178 Å². The van der Waals surface area contributed by atoms with Crippen LogP contribution < -0.4 is 56.0 Å². The normalized spacial score (nSPS) is 16.5. The molecule has 3 unspecified atom stereocenters.